The van der Waals surface area contributed by atoms with E-state index in [0.717, 1.165) is 11.3 Å². The Morgan fingerprint density at radius 2 is 1.93 bits per heavy atom. The summed E-state index contributed by atoms with van der Waals surface area (Å²) >= 11 is 7.36. The largest absolute Gasteiger partial charge is 0.486 e. The molecule has 0 aliphatic carbocycles. The number of para-hydroxylation sites is 1. The number of hydrogen-bond acceptors (Lipinski definition) is 6. The van der Waals surface area contributed by atoms with Gasteiger partial charge in [0.1, 0.15) is 12.4 Å². The van der Waals surface area contributed by atoms with Crippen molar-refractivity contribution < 1.29 is 14.3 Å². The van der Waals surface area contributed by atoms with E-state index >= 15 is 0 Å². The summed E-state index contributed by atoms with van der Waals surface area (Å²) in [4.78, 5) is 11.9. The maximum absolute atomic E-state index is 11.9. The lowest BCUT2D eigenvalue weighted by molar-refractivity contribution is -0.144. The van der Waals surface area contributed by atoms with E-state index in [1.54, 1.807) is 6.07 Å². The van der Waals surface area contributed by atoms with Gasteiger partial charge in [0.05, 0.1) is 11.9 Å². The summed E-state index contributed by atoms with van der Waals surface area (Å²) in [5, 5.41) is 9.82. The number of aromatic nitrogens is 3. The maximum Gasteiger partial charge on any atom is 0.316 e. The Morgan fingerprint density at radius 1 is 1.17 bits per heavy atom. The van der Waals surface area contributed by atoms with E-state index in [1.807, 2.05) is 67.8 Å². The second-order valence-corrected chi connectivity index (χ2v) is 7.95. The van der Waals surface area contributed by atoms with Crippen molar-refractivity contribution in [3.63, 3.8) is 0 Å². The van der Waals surface area contributed by atoms with Gasteiger partial charge in [0, 0.05) is 10.7 Å². The van der Waals surface area contributed by atoms with E-state index < -0.39 is 0 Å². The fourth-order valence-electron chi connectivity index (χ4n) is 2.60. The van der Waals surface area contributed by atoms with E-state index in [-0.39, 0.29) is 24.4 Å². The molecular formula is C21H22ClN3O3S. The second kappa shape index (κ2) is 9.80. The highest BCUT2D eigenvalue weighted by Gasteiger charge is 2.17. The van der Waals surface area contributed by atoms with Crippen LogP contribution in [0.25, 0.3) is 5.69 Å². The van der Waals surface area contributed by atoms with Crippen molar-refractivity contribution in [2.24, 2.45) is 0 Å². The topological polar surface area (TPSA) is 66.2 Å². The van der Waals surface area contributed by atoms with Gasteiger partial charge in [-0.2, -0.15) is 0 Å². The van der Waals surface area contributed by atoms with Gasteiger partial charge in [-0.15, -0.1) is 10.2 Å². The standard InChI is InChI=1S/C21H22ClN3O3S/c1-14(2)28-20(26)13-29-21-24-23-19(25(21)16-7-5-4-6-8-16)12-27-17-9-10-18(22)15(3)11-17/h4-11,14H,12-13H2,1-3H3. The lowest BCUT2D eigenvalue weighted by atomic mass is 10.2. The molecule has 6 nitrogen and oxygen atoms in total. The number of benzene rings is 2. The van der Waals surface area contributed by atoms with Crippen LogP contribution in [0.2, 0.25) is 5.02 Å². The van der Waals surface area contributed by atoms with Gasteiger partial charge in [0.25, 0.3) is 0 Å². The minimum atomic E-state index is -0.290. The highest BCUT2D eigenvalue weighted by atomic mass is 35.5. The molecule has 0 N–H and O–H groups in total. The van der Waals surface area contributed by atoms with Gasteiger partial charge in [-0.25, -0.2) is 0 Å². The van der Waals surface area contributed by atoms with E-state index in [9.17, 15) is 4.79 Å². The van der Waals surface area contributed by atoms with Crippen molar-refractivity contribution in [1.82, 2.24) is 14.8 Å². The molecule has 0 aliphatic rings. The van der Waals surface area contributed by atoms with Crippen LogP contribution in [0, 0.1) is 6.92 Å². The summed E-state index contributed by atoms with van der Waals surface area (Å²) in [6.45, 7) is 5.79. The van der Waals surface area contributed by atoms with Gasteiger partial charge in [0.15, 0.2) is 11.0 Å². The lowest BCUT2D eigenvalue weighted by Gasteiger charge is -2.12. The molecule has 3 rings (SSSR count). The van der Waals surface area contributed by atoms with Crippen LogP contribution in [0.3, 0.4) is 0 Å². The molecule has 0 radical (unpaired) electrons. The molecule has 1 heterocycles. The number of carbonyl (C=O) groups excluding carboxylic acids is 1. The van der Waals surface area contributed by atoms with Gasteiger partial charge in [-0.3, -0.25) is 9.36 Å². The summed E-state index contributed by atoms with van der Waals surface area (Å²) in [5.41, 5.74) is 1.83. The number of ether oxygens (including phenoxy) is 2. The van der Waals surface area contributed by atoms with Crippen molar-refractivity contribution in [3.05, 3.63) is 64.9 Å². The van der Waals surface area contributed by atoms with Crippen molar-refractivity contribution in [1.29, 1.82) is 0 Å². The van der Waals surface area contributed by atoms with Crippen LogP contribution < -0.4 is 4.74 Å². The Morgan fingerprint density at radius 3 is 2.62 bits per heavy atom. The maximum atomic E-state index is 11.9. The summed E-state index contributed by atoms with van der Waals surface area (Å²) in [5.74, 6) is 1.19. The fraction of sp³-hybridized carbons (Fsp3) is 0.286. The molecule has 0 fully saturated rings. The summed E-state index contributed by atoms with van der Waals surface area (Å²) in [7, 11) is 0. The average Bonchev–Trinajstić information content (AvgIpc) is 3.10. The molecule has 0 aliphatic heterocycles. The quantitative estimate of drug-likeness (QED) is 0.375. The average molecular weight is 432 g/mol. The molecule has 2 aromatic carbocycles. The Balaban J connectivity index is 1.80. The number of hydrogen-bond donors (Lipinski definition) is 0. The minimum absolute atomic E-state index is 0.151. The van der Waals surface area contributed by atoms with Crippen molar-refractivity contribution >= 4 is 29.3 Å². The predicted molar refractivity (Wildman–Crippen MR) is 114 cm³/mol. The number of esters is 1. The van der Waals surface area contributed by atoms with Crippen molar-refractivity contribution in [2.75, 3.05) is 5.75 Å². The Labute approximate surface area is 179 Å². The first kappa shape index (κ1) is 21.2. The molecule has 0 atom stereocenters. The monoisotopic (exact) mass is 431 g/mol. The van der Waals surface area contributed by atoms with E-state index in [1.165, 1.54) is 11.8 Å². The molecule has 1 aromatic heterocycles. The minimum Gasteiger partial charge on any atom is -0.486 e. The van der Waals surface area contributed by atoms with Crippen LogP contribution in [-0.2, 0) is 16.1 Å². The first-order chi connectivity index (χ1) is 13.9. The van der Waals surface area contributed by atoms with Gasteiger partial charge >= 0.3 is 5.97 Å². The molecule has 0 unspecified atom stereocenters. The Kier molecular flexibility index (Phi) is 7.17. The normalized spacial score (nSPS) is 10.9. The van der Waals surface area contributed by atoms with E-state index in [0.29, 0.717) is 21.8 Å². The van der Waals surface area contributed by atoms with Crippen LogP contribution in [0.4, 0.5) is 0 Å². The molecule has 0 amide bonds. The van der Waals surface area contributed by atoms with Crippen molar-refractivity contribution in [3.8, 4) is 11.4 Å². The van der Waals surface area contributed by atoms with Crippen molar-refractivity contribution in [2.45, 2.75) is 38.6 Å². The smallest absolute Gasteiger partial charge is 0.316 e. The lowest BCUT2D eigenvalue weighted by Crippen LogP contribution is -2.14. The van der Waals surface area contributed by atoms with E-state index in [4.69, 9.17) is 21.1 Å². The second-order valence-electron chi connectivity index (χ2n) is 6.60. The number of thioether (sulfide) groups is 1. The van der Waals surface area contributed by atoms with Gasteiger partial charge in [0.2, 0.25) is 0 Å². The van der Waals surface area contributed by atoms with Crippen LogP contribution in [0.1, 0.15) is 25.2 Å². The molecule has 0 saturated carbocycles. The first-order valence-corrected chi connectivity index (χ1v) is 10.5. The zero-order valence-electron chi connectivity index (χ0n) is 16.5. The third kappa shape index (κ3) is 5.74. The predicted octanol–water partition coefficient (Wildman–Crippen LogP) is 4.85. The van der Waals surface area contributed by atoms with E-state index in [2.05, 4.69) is 10.2 Å². The zero-order valence-corrected chi connectivity index (χ0v) is 18.0. The summed E-state index contributed by atoms with van der Waals surface area (Å²) in [6.07, 6.45) is -0.151. The SMILES string of the molecule is Cc1cc(OCc2nnc(SCC(=O)OC(C)C)n2-c2ccccc2)ccc1Cl. The Hall–Kier alpha value is -2.51. The van der Waals surface area contributed by atoms with Gasteiger partial charge in [-0.1, -0.05) is 41.6 Å². The molecule has 0 spiro atoms. The summed E-state index contributed by atoms with van der Waals surface area (Å²) in [6, 6.07) is 15.2. The highest BCUT2D eigenvalue weighted by Crippen LogP contribution is 2.25. The molecule has 3 aromatic rings. The number of carbonyl (C=O) groups is 1. The highest BCUT2D eigenvalue weighted by molar-refractivity contribution is 7.99. The van der Waals surface area contributed by atoms with Crippen LogP contribution in [0.5, 0.6) is 5.75 Å². The van der Waals surface area contributed by atoms with Crippen LogP contribution >= 0.6 is 23.4 Å². The zero-order chi connectivity index (χ0) is 20.8. The van der Waals surface area contributed by atoms with Gasteiger partial charge < -0.3 is 9.47 Å². The molecule has 0 saturated heterocycles. The number of nitrogens with zero attached hydrogens (tertiary/aromatic N) is 3. The summed E-state index contributed by atoms with van der Waals surface area (Å²) < 4.78 is 13.0. The molecule has 0 bridgehead atoms. The fourth-order valence-corrected chi connectivity index (χ4v) is 3.47. The number of rotatable bonds is 8. The molecule has 29 heavy (non-hydrogen) atoms. The number of halogens is 1. The Bertz CT molecular complexity index is 977. The molecule has 8 heteroatoms. The third-order valence-electron chi connectivity index (χ3n) is 3.90. The first-order valence-electron chi connectivity index (χ1n) is 9.15. The van der Waals surface area contributed by atoms with Crippen LogP contribution in [0.15, 0.2) is 53.7 Å². The third-order valence-corrected chi connectivity index (χ3v) is 5.22. The molecular weight excluding hydrogens is 410 g/mol. The van der Waals surface area contributed by atoms with Gasteiger partial charge in [-0.05, 0) is 56.7 Å². The van der Waals surface area contributed by atoms with Crippen LogP contribution in [-0.4, -0.2) is 32.6 Å². The number of aryl methyl sites for hydroxylation is 1. The molecule has 152 valence electrons.